The highest BCUT2D eigenvalue weighted by Crippen LogP contribution is 2.39. The van der Waals surface area contributed by atoms with Crippen LogP contribution in [0.25, 0.3) is 0 Å². The fourth-order valence-electron chi connectivity index (χ4n) is 4.16. The van der Waals surface area contributed by atoms with Gasteiger partial charge < -0.3 is 10.0 Å². The van der Waals surface area contributed by atoms with Gasteiger partial charge in [0.15, 0.2) is 0 Å². The van der Waals surface area contributed by atoms with Crippen LogP contribution < -0.4 is 0 Å². The molecule has 3 fully saturated rings. The van der Waals surface area contributed by atoms with Crippen LogP contribution in [0.15, 0.2) is 0 Å². The molecule has 106 valence electrons. The zero-order chi connectivity index (χ0) is 13.6. The summed E-state index contributed by atoms with van der Waals surface area (Å²) < 4.78 is 0. The number of aliphatic carboxylic acids is 1. The Morgan fingerprint density at radius 2 is 2.05 bits per heavy atom. The number of carbonyl (C=O) groups is 2. The van der Waals surface area contributed by atoms with Gasteiger partial charge >= 0.3 is 5.97 Å². The van der Waals surface area contributed by atoms with E-state index < -0.39 is 11.5 Å². The number of rotatable bonds is 2. The lowest BCUT2D eigenvalue weighted by atomic mass is 9.93. The van der Waals surface area contributed by atoms with Crippen molar-refractivity contribution in [2.24, 2.45) is 0 Å². The molecule has 3 saturated heterocycles. The van der Waals surface area contributed by atoms with Crippen molar-refractivity contribution in [1.82, 2.24) is 9.80 Å². The summed E-state index contributed by atoms with van der Waals surface area (Å²) in [5, 5.41) is 9.53. The van der Waals surface area contributed by atoms with Crippen molar-refractivity contribution in [2.75, 3.05) is 13.1 Å². The zero-order valence-electron chi connectivity index (χ0n) is 11.5. The molecule has 0 aromatic heterocycles. The standard InChI is InChI=1S/C14H22N2O3/c1-14(13(18)19)6-4-8-16(14)11-9-12(17)15-7-3-2-5-10(11)15/h10-11H,2-9H2,1H3,(H,18,19). The van der Waals surface area contributed by atoms with Crippen LogP contribution in [0.3, 0.4) is 0 Å². The minimum Gasteiger partial charge on any atom is -0.480 e. The lowest BCUT2D eigenvalue weighted by molar-refractivity contribution is -0.150. The minimum absolute atomic E-state index is 0.108. The minimum atomic E-state index is -0.779. The van der Waals surface area contributed by atoms with E-state index in [2.05, 4.69) is 4.90 Å². The van der Waals surface area contributed by atoms with Gasteiger partial charge in [-0.1, -0.05) is 0 Å². The topological polar surface area (TPSA) is 60.9 Å². The van der Waals surface area contributed by atoms with E-state index in [1.165, 1.54) is 0 Å². The molecular weight excluding hydrogens is 244 g/mol. The van der Waals surface area contributed by atoms with Crippen molar-refractivity contribution in [1.29, 1.82) is 0 Å². The number of amides is 1. The molecular formula is C14H22N2O3. The predicted octanol–water partition coefficient (Wildman–Crippen LogP) is 1.08. The van der Waals surface area contributed by atoms with Gasteiger partial charge in [-0.05, 0) is 45.6 Å². The molecule has 1 N–H and O–H groups in total. The van der Waals surface area contributed by atoms with Gasteiger partial charge in [-0.15, -0.1) is 0 Å². The van der Waals surface area contributed by atoms with E-state index in [9.17, 15) is 14.7 Å². The van der Waals surface area contributed by atoms with Gasteiger partial charge in [0.25, 0.3) is 0 Å². The van der Waals surface area contributed by atoms with Gasteiger partial charge in [-0.3, -0.25) is 14.5 Å². The highest BCUT2D eigenvalue weighted by molar-refractivity contribution is 5.82. The normalized spacial score (nSPS) is 39.6. The largest absolute Gasteiger partial charge is 0.480 e. The summed E-state index contributed by atoms with van der Waals surface area (Å²) >= 11 is 0. The molecule has 1 amide bonds. The number of fused-ring (bicyclic) bond motifs is 1. The Bertz CT molecular complexity index is 411. The van der Waals surface area contributed by atoms with Gasteiger partial charge in [-0.2, -0.15) is 0 Å². The van der Waals surface area contributed by atoms with E-state index in [-0.39, 0.29) is 18.0 Å². The Labute approximate surface area is 113 Å². The Balaban J connectivity index is 1.85. The molecule has 3 aliphatic rings. The molecule has 0 bridgehead atoms. The third-order valence-electron chi connectivity index (χ3n) is 5.26. The van der Waals surface area contributed by atoms with Crippen LogP contribution in [0.4, 0.5) is 0 Å². The van der Waals surface area contributed by atoms with Gasteiger partial charge in [0.2, 0.25) is 5.91 Å². The van der Waals surface area contributed by atoms with E-state index in [1.54, 1.807) is 0 Å². The van der Waals surface area contributed by atoms with E-state index in [4.69, 9.17) is 0 Å². The van der Waals surface area contributed by atoms with Gasteiger partial charge in [0.05, 0.1) is 0 Å². The Kier molecular flexibility index (Phi) is 3.04. The predicted molar refractivity (Wildman–Crippen MR) is 69.7 cm³/mol. The molecule has 3 atom stereocenters. The molecule has 0 aliphatic carbocycles. The molecule has 0 spiro atoms. The maximum atomic E-state index is 12.1. The number of hydrogen-bond acceptors (Lipinski definition) is 3. The summed E-state index contributed by atoms with van der Waals surface area (Å²) in [6.45, 7) is 3.49. The van der Waals surface area contributed by atoms with Gasteiger partial charge in [0.1, 0.15) is 5.54 Å². The third-order valence-corrected chi connectivity index (χ3v) is 5.26. The Morgan fingerprint density at radius 1 is 1.26 bits per heavy atom. The van der Waals surface area contributed by atoms with Crippen molar-refractivity contribution in [3.63, 3.8) is 0 Å². The molecule has 5 nitrogen and oxygen atoms in total. The molecule has 5 heteroatoms. The van der Waals surface area contributed by atoms with Gasteiger partial charge in [0, 0.05) is 25.0 Å². The first-order valence-corrected chi connectivity index (χ1v) is 7.33. The van der Waals surface area contributed by atoms with Crippen LogP contribution in [0.5, 0.6) is 0 Å². The molecule has 0 aromatic rings. The number of nitrogens with zero attached hydrogens (tertiary/aromatic N) is 2. The summed E-state index contributed by atoms with van der Waals surface area (Å²) in [6, 6.07) is 0.356. The van der Waals surface area contributed by atoms with Gasteiger partial charge in [-0.25, -0.2) is 0 Å². The second-order valence-electron chi connectivity index (χ2n) is 6.30. The first kappa shape index (κ1) is 12.9. The maximum Gasteiger partial charge on any atom is 0.323 e. The number of carboxylic acids is 1. The summed E-state index contributed by atoms with van der Waals surface area (Å²) in [5.41, 5.74) is -0.779. The van der Waals surface area contributed by atoms with Crippen molar-refractivity contribution >= 4 is 11.9 Å². The lowest BCUT2D eigenvalue weighted by Crippen LogP contribution is -2.56. The fraction of sp³-hybridized carbons (Fsp3) is 0.857. The van der Waals surface area contributed by atoms with Crippen LogP contribution in [0, 0.1) is 0 Å². The molecule has 0 saturated carbocycles. The summed E-state index contributed by atoms with van der Waals surface area (Å²) in [5.74, 6) is -0.527. The zero-order valence-corrected chi connectivity index (χ0v) is 11.5. The van der Waals surface area contributed by atoms with E-state index in [0.29, 0.717) is 12.8 Å². The molecule has 3 unspecified atom stereocenters. The number of likely N-dealkylation sites (tertiary alicyclic amines) is 1. The highest BCUT2D eigenvalue weighted by Gasteiger charge is 2.52. The third kappa shape index (κ3) is 1.86. The highest BCUT2D eigenvalue weighted by atomic mass is 16.4. The van der Waals surface area contributed by atoms with Crippen LogP contribution in [0.2, 0.25) is 0 Å². The molecule has 3 rings (SSSR count). The number of carboxylic acid groups (broad SMARTS) is 1. The van der Waals surface area contributed by atoms with Crippen molar-refractivity contribution < 1.29 is 14.7 Å². The maximum absolute atomic E-state index is 12.1. The van der Waals surface area contributed by atoms with Crippen molar-refractivity contribution in [2.45, 2.75) is 63.1 Å². The summed E-state index contributed by atoms with van der Waals surface area (Å²) in [4.78, 5) is 27.8. The fourth-order valence-corrected chi connectivity index (χ4v) is 4.16. The van der Waals surface area contributed by atoms with Crippen LogP contribution in [-0.4, -0.2) is 57.5 Å². The van der Waals surface area contributed by atoms with Crippen LogP contribution in [-0.2, 0) is 9.59 Å². The first-order chi connectivity index (χ1) is 9.04. The number of carbonyl (C=O) groups excluding carboxylic acids is 1. The van der Waals surface area contributed by atoms with E-state index in [0.717, 1.165) is 38.8 Å². The number of hydrogen-bond donors (Lipinski definition) is 1. The lowest BCUT2D eigenvalue weighted by Gasteiger charge is -2.41. The summed E-state index contributed by atoms with van der Waals surface area (Å²) in [7, 11) is 0. The SMILES string of the molecule is CC1(C(=O)O)CCCN1C1CC(=O)N2CCCCC12. The molecule has 3 heterocycles. The van der Waals surface area contributed by atoms with Crippen LogP contribution >= 0.6 is 0 Å². The quantitative estimate of drug-likeness (QED) is 0.812. The molecule has 3 aliphatic heterocycles. The molecule has 0 aromatic carbocycles. The molecule has 19 heavy (non-hydrogen) atoms. The first-order valence-electron chi connectivity index (χ1n) is 7.33. The van der Waals surface area contributed by atoms with Crippen molar-refractivity contribution in [3.8, 4) is 0 Å². The van der Waals surface area contributed by atoms with E-state index >= 15 is 0 Å². The Morgan fingerprint density at radius 3 is 2.79 bits per heavy atom. The van der Waals surface area contributed by atoms with Crippen molar-refractivity contribution in [3.05, 3.63) is 0 Å². The second kappa shape index (κ2) is 4.47. The number of piperidine rings is 1. The Hall–Kier alpha value is -1.10. The smallest absolute Gasteiger partial charge is 0.323 e. The summed E-state index contributed by atoms with van der Waals surface area (Å²) in [6.07, 6.45) is 5.39. The monoisotopic (exact) mass is 266 g/mol. The average Bonchev–Trinajstić information content (AvgIpc) is 2.92. The van der Waals surface area contributed by atoms with E-state index in [1.807, 2.05) is 11.8 Å². The van der Waals surface area contributed by atoms with Crippen LogP contribution in [0.1, 0.15) is 45.4 Å². The second-order valence-corrected chi connectivity index (χ2v) is 6.30. The average molecular weight is 266 g/mol. The molecule has 0 radical (unpaired) electrons.